The number of aliphatic hydroxyl groups excluding tert-OH is 1. The average Bonchev–Trinajstić information content (AvgIpc) is 3.09. The zero-order valence-corrected chi connectivity index (χ0v) is 15.3. The molecule has 0 aromatic heterocycles. The number of aliphatic imine (C=N–C) groups is 1. The van der Waals surface area contributed by atoms with Gasteiger partial charge in [-0.25, -0.2) is 0 Å². The van der Waals surface area contributed by atoms with Gasteiger partial charge in [0.25, 0.3) is 0 Å². The summed E-state index contributed by atoms with van der Waals surface area (Å²) in [5.74, 6) is 0.780. The average molecular weight is 389 g/mol. The summed E-state index contributed by atoms with van der Waals surface area (Å²) in [7, 11) is 1.66. The van der Waals surface area contributed by atoms with Crippen molar-refractivity contribution in [3.05, 3.63) is 29.8 Å². The third-order valence-corrected chi connectivity index (χ3v) is 4.47. The lowest BCUT2D eigenvalue weighted by molar-refractivity contribution is -0.153. The van der Waals surface area contributed by atoms with Crippen molar-refractivity contribution in [2.45, 2.75) is 25.6 Å². The van der Waals surface area contributed by atoms with Gasteiger partial charge < -0.3 is 25.2 Å². The van der Waals surface area contributed by atoms with Gasteiger partial charge in [0.05, 0.1) is 6.61 Å². The van der Waals surface area contributed by atoms with E-state index in [1.807, 2.05) is 0 Å². The first-order valence-corrected chi connectivity index (χ1v) is 8.77. The molecule has 6 nitrogen and oxygen atoms in total. The van der Waals surface area contributed by atoms with Crippen LogP contribution < -0.4 is 15.4 Å². The molecule has 9 heteroatoms. The molecule has 1 aliphatic heterocycles. The molecule has 1 aromatic rings. The quantitative estimate of drug-likeness (QED) is 0.469. The lowest BCUT2D eigenvalue weighted by Crippen LogP contribution is -2.44. The van der Waals surface area contributed by atoms with Gasteiger partial charge in [0.15, 0.2) is 12.6 Å². The van der Waals surface area contributed by atoms with E-state index >= 15 is 0 Å². The molecule has 1 fully saturated rings. The highest BCUT2D eigenvalue weighted by molar-refractivity contribution is 5.79. The molecule has 1 aliphatic rings. The van der Waals surface area contributed by atoms with E-state index in [4.69, 9.17) is 4.74 Å². The molecule has 3 N–H and O–H groups in total. The van der Waals surface area contributed by atoms with E-state index in [1.165, 1.54) is 12.1 Å². The Morgan fingerprint density at radius 2 is 2.04 bits per heavy atom. The summed E-state index contributed by atoms with van der Waals surface area (Å²) in [4.78, 5) is 4.17. The van der Waals surface area contributed by atoms with Gasteiger partial charge in [-0.2, -0.15) is 13.2 Å². The summed E-state index contributed by atoms with van der Waals surface area (Å²) in [6, 6.07) is 6.41. The Hall–Kier alpha value is -2.00. The predicted octanol–water partition coefficient (Wildman–Crippen LogP) is 2.08. The number of hydrogen-bond acceptors (Lipinski definition) is 4. The third kappa shape index (κ3) is 7.26. The van der Waals surface area contributed by atoms with Crippen LogP contribution in [0.5, 0.6) is 5.75 Å². The molecule has 1 saturated heterocycles. The van der Waals surface area contributed by atoms with E-state index in [0.717, 1.165) is 12.0 Å². The van der Waals surface area contributed by atoms with Gasteiger partial charge in [-0.05, 0) is 30.5 Å². The third-order valence-electron chi connectivity index (χ3n) is 4.47. The van der Waals surface area contributed by atoms with E-state index in [-0.39, 0.29) is 17.8 Å². The number of alkyl halides is 3. The number of aliphatic hydroxyl groups is 1. The number of nitrogens with zero attached hydrogens (tertiary/aromatic N) is 1. The molecule has 0 aliphatic carbocycles. The SMILES string of the molecule is CN=C(NCc1ccc(OCC(F)(F)F)cc1)NCC1(CCO)CCOC1. The maximum absolute atomic E-state index is 12.2. The molecule has 2 rings (SSSR count). The van der Waals surface area contributed by atoms with Gasteiger partial charge in [0.1, 0.15) is 5.75 Å². The van der Waals surface area contributed by atoms with Crippen LogP contribution in [0.15, 0.2) is 29.3 Å². The molecule has 1 aromatic carbocycles. The Balaban J connectivity index is 1.80. The number of nitrogens with one attached hydrogen (secondary N) is 2. The normalized spacial score (nSPS) is 20.6. The van der Waals surface area contributed by atoms with Crippen LogP contribution in [0.3, 0.4) is 0 Å². The van der Waals surface area contributed by atoms with Crippen LogP contribution >= 0.6 is 0 Å². The predicted molar refractivity (Wildman–Crippen MR) is 95.8 cm³/mol. The van der Waals surface area contributed by atoms with Crippen molar-refractivity contribution in [3.8, 4) is 5.75 Å². The monoisotopic (exact) mass is 389 g/mol. The van der Waals surface area contributed by atoms with E-state index in [2.05, 4.69) is 20.4 Å². The van der Waals surface area contributed by atoms with Crippen LogP contribution in [-0.4, -0.2) is 57.3 Å². The van der Waals surface area contributed by atoms with Crippen LogP contribution in [-0.2, 0) is 11.3 Å². The summed E-state index contributed by atoms with van der Waals surface area (Å²) in [6.07, 6.45) is -2.80. The van der Waals surface area contributed by atoms with Gasteiger partial charge in [-0.3, -0.25) is 4.99 Å². The minimum Gasteiger partial charge on any atom is -0.484 e. The molecule has 0 saturated carbocycles. The van der Waals surface area contributed by atoms with Crippen LogP contribution in [0.1, 0.15) is 18.4 Å². The first-order valence-electron chi connectivity index (χ1n) is 8.77. The highest BCUT2D eigenvalue weighted by atomic mass is 19.4. The summed E-state index contributed by atoms with van der Waals surface area (Å²) >= 11 is 0. The van der Waals surface area contributed by atoms with E-state index in [1.54, 1.807) is 19.2 Å². The molecule has 0 radical (unpaired) electrons. The number of halogens is 3. The molecular weight excluding hydrogens is 363 g/mol. The lowest BCUT2D eigenvalue weighted by atomic mass is 9.84. The van der Waals surface area contributed by atoms with E-state index in [9.17, 15) is 18.3 Å². The van der Waals surface area contributed by atoms with Gasteiger partial charge in [0, 0.05) is 38.8 Å². The molecule has 27 heavy (non-hydrogen) atoms. The van der Waals surface area contributed by atoms with Gasteiger partial charge in [-0.15, -0.1) is 0 Å². The van der Waals surface area contributed by atoms with Crippen LogP contribution in [0.2, 0.25) is 0 Å². The molecule has 0 bridgehead atoms. The summed E-state index contributed by atoms with van der Waals surface area (Å²) in [6.45, 7) is 1.20. The summed E-state index contributed by atoms with van der Waals surface area (Å²) in [5.41, 5.74) is 0.788. The van der Waals surface area contributed by atoms with Crippen molar-refractivity contribution in [1.29, 1.82) is 0 Å². The highest BCUT2D eigenvalue weighted by Crippen LogP contribution is 2.31. The Labute approximate surface area is 156 Å². The standard InChI is InChI=1S/C18H26F3N3O3/c1-22-16(24-11-17(6-8-25)7-9-26-12-17)23-10-14-2-4-15(5-3-14)27-13-18(19,20)21/h2-5,25H,6-13H2,1H3,(H2,22,23,24). The van der Waals surface area contributed by atoms with E-state index in [0.29, 0.717) is 38.7 Å². The van der Waals surface area contributed by atoms with Gasteiger partial charge in [-0.1, -0.05) is 12.1 Å². The van der Waals surface area contributed by atoms with Crippen LogP contribution in [0.4, 0.5) is 13.2 Å². The first kappa shape index (κ1) is 21.3. The molecule has 1 atom stereocenters. The van der Waals surface area contributed by atoms with Crippen molar-refractivity contribution in [1.82, 2.24) is 10.6 Å². The van der Waals surface area contributed by atoms with Gasteiger partial charge >= 0.3 is 6.18 Å². The largest absolute Gasteiger partial charge is 0.484 e. The second-order valence-corrected chi connectivity index (χ2v) is 6.60. The fourth-order valence-corrected chi connectivity index (χ4v) is 2.86. The number of benzene rings is 1. The second-order valence-electron chi connectivity index (χ2n) is 6.60. The van der Waals surface area contributed by atoms with E-state index < -0.39 is 12.8 Å². The number of guanidine groups is 1. The lowest BCUT2D eigenvalue weighted by Gasteiger charge is -2.27. The fraction of sp³-hybridized carbons (Fsp3) is 0.611. The first-order chi connectivity index (χ1) is 12.9. The van der Waals surface area contributed by atoms with Gasteiger partial charge in [0.2, 0.25) is 0 Å². The number of rotatable bonds is 8. The number of ether oxygens (including phenoxy) is 2. The van der Waals surface area contributed by atoms with Crippen molar-refractivity contribution in [3.63, 3.8) is 0 Å². The Morgan fingerprint density at radius 1 is 1.30 bits per heavy atom. The topological polar surface area (TPSA) is 75.1 Å². The fourth-order valence-electron chi connectivity index (χ4n) is 2.86. The second kappa shape index (κ2) is 9.80. The Kier molecular flexibility index (Phi) is 7.73. The zero-order valence-electron chi connectivity index (χ0n) is 15.3. The maximum atomic E-state index is 12.2. The molecule has 152 valence electrons. The smallest absolute Gasteiger partial charge is 0.422 e. The van der Waals surface area contributed by atoms with Crippen molar-refractivity contribution >= 4 is 5.96 Å². The summed E-state index contributed by atoms with van der Waals surface area (Å²) in [5, 5.41) is 15.7. The molecule has 0 amide bonds. The molecule has 1 heterocycles. The molecule has 1 unspecified atom stereocenters. The Bertz CT molecular complexity index is 600. The van der Waals surface area contributed by atoms with Crippen molar-refractivity contribution in [2.24, 2.45) is 10.4 Å². The van der Waals surface area contributed by atoms with Crippen LogP contribution in [0.25, 0.3) is 0 Å². The summed E-state index contributed by atoms with van der Waals surface area (Å²) < 4.78 is 46.6. The Morgan fingerprint density at radius 3 is 2.59 bits per heavy atom. The maximum Gasteiger partial charge on any atom is 0.422 e. The molecule has 0 spiro atoms. The highest BCUT2D eigenvalue weighted by Gasteiger charge is 2.34. The van der Waals surface area contributed by atoms with Crippen molar-refractivity contribution < 1.29 is 27.8 Å². The molecular formula is C18H26F3N3O3. The number of hydrogen-bond donors (Lipinski definition) is 3. The van der Waals surface area contributed by atoms with Crippen molar-refractivity contribution in [2.75, 3.05) is 40.0 Å². The minimum atomic E-state index is -4.35. The van der Waals surface area contributed by atoms with Crippen LogP contribution in [0, 0.1) is 5.41 Å². The zero-order chi connectivity index (χ0) is 19.8. The minimum absolute atomic E-state index is 0.0934.